The SMILES string of the molecule is COc1cccc2cnc(CC3CCCS(=O)(=O)C3)n12. The Hall–Kier alpha value is -1.56. The molecule has 2 aromatic rings. The van der Waals surface area contributed by atoms with Gasteiger partial charge < -0.3 is 4.74 Å². The molecule has 2 aromatic heterocycles. The fourth-order valence-corrected chi connectivity index (χ4v) is 4.70. The van der Waals surface area contributed by atoms with Gasteiger partial charge in [0.15, 0.2) is 15.7 Å². The van der Waals surface area contributed by atoms with E-state index in [1.807, 2.05) is 22.6 Å². The number of imidazole rings is 1. The van der Waals surface area contributed by atoms with Gasteiger partial charge in [-0.05, 0) is 30.9 Å². The van der Waals surface area contributed by atoms with Gasteiger partial charge in [-0.2, -0.15) is 0 Å². The van der Waals surface area contributed by atoms with Crippen LogP contribution < -0.4 is 4.74 Å². The van der Waals surface area contributed by atoms with E-state index in [2.05, 4.69) is 4.98 Å². The first-order chi connectivity index (χ1) is 9.59. The normalized spacial score (nSPS) is 21.9. The van der Waals surface area contributed by atoms with Crippen LogP contribution in [0.4, 0.5) is 0 Å². The smallest absolute Gasteiger partial charge is 0.199 e. The molecule has 0 radical (unpaired) electrons. The van der Waals surface area contributed by atoms with Gasteiger partial charge >= 0.3 is 0 Å². The van der Waals surface area contributed by atoms with Crippen LogP contribution in [-0.4, -0.2) is 36.4 Å². The average molecular weight is 294 g/mol. The number of pyridine rings is 1. The second-order valence-corrected chi connectivity index (χ2v) is 7.56. The Labute approximate surface area is 118 Å². The molecule has 1 saturated heterocycles. The lowest BCUT2D eigenvalue weighted by Gasteiger charge is -2.21. The Kier molecular flexibility index (Phi) is 3.41. The summed E-state index contributed by atoms with van der Waals surface area (Å²) in [4.78, 5) is 4.43. The van der Waals surface area contributed by atoms with Crippen molar-refractivity contribution in [3.8, 4) is 5.88 Å². The number of aromatic nitrogens is 2. The van der Waals surface area contributed by atoms with Crippen molar-refractivity contribution in [2.45, 2.75) is 19.3 Å². The minimum Gasteiger partial charge on any atom is -0.482 e. The predicted molar refractivity (Wildman–Crippen MR) is 76.8 cm³/mol. The van der Waals surface area contributed by atoms with Crippen molar-refractivity contribution in [3.63, 3.8) is 0 Å². The van der Waals surface area contributed by atoms with Crippen LogP contribution in [-0.2, 0) is 16.3 Å². The lowest BCUT2D eigenvalue weighted by molar-refractivity contribution is 0.387. The van der Waals surface area contributed by atoms with Gasteiger partial charge in [0.25, 0.3) is 0 Å². The number of hydrogen-bond donors (Lipinski definition) is 0. The Bertz CT molecular complexity index is 721. The Morgan fingerprint density at radius 3 is 3.05 bits per heavy atom. The highest BCUT2D eigenvalue weighted by atomic mass is 32.2. The summed E-state index contributed by atoms with van der Waals surface area (Å²) in [7, 11) is -1.24. The highest BCUT2D eigenvalue weighted by Crippen LogP contribution is 2.24. The van der Waals surface area contributed by atoms with Crippen LogP contribution in [0.25, 0.3) is 5.52 Å². The van der Waals surface area contributed by atoms with E-state index in [-0.39, 0.29) is 11.7 Å². The van der Waals surface area contributed by atoms with Crippen LogP contribution in [0.15, 0.2) is 24.4 Å². The first kappa shape index (κ1) is 13.4. The molecule has 1 aliphatic heterocycles. The van der Waals surface area contributed by atoms with E-state index in [9.17, 15) is 8.42 Å². The fraction of sp³-hybridized carbons (Fsp3) is 0.500. The number of fused-ring (bicyclic) bond motifs is 1. The maximum atomic E-state index is 11.7. The first-order valence-corrected chi connectivity index (χ1v) is 8.61. The Morgan fingerprint density at radius 2 is 2.30 bits per heavy atom. The van der Waals surface area contributed by atoms with E-state index in [4.69, 9.17) is 4.74 Å². The molecule has 0 aliphatic carbocycles. The minimum absolute atomic E-state index is 0.157. The summed E-state index contributed by atoms with van der Waals surface area (Å²) in [6, 6.07) is 5.77. The summed E-state index contributed by atoms with van der Waals surface area (Å²) in [5.74, 6) is 2.36. The first-order valence-electron chi connectivity index (χ1n) is 6.79. The third-order valence-electron chi connectivity index (χ3n) is 3.83. The molecule has 6 heteroatoms. The van der Waals surface area contributed by atoms with Crippen LogP contribution in [0, 0.1) is 5.92 Å². The van der Waals surface area contributed by atoms with Crippen LogP contribution in [0.1, 0.15) is 18.7 Å². The van der Waals surface area contributed by atoms with Gasteiger partial charge in [0.1, 0.15) is 5.82 Å². The van der Waals surface area contributed by atoms with Gasteiger partial charge in [0.2, 0.25) is 0 Å². The molecule has 0 saturated carbocycles. The Morgan fingerprint density at radius 1 is 1.45 bits per heavy atom. The van der Waals surface area contributed by atoms with Gasteiger partial charge in [-0.15, -0.1) is 0 Å². The van der Waals surface area contributed by atoms with Crippen molar-refractivity contribution in [2.24, 2.45) is 5.92 Å². The van der Waals surface area contributed by atoms with Crippen molar-refractivity contribution in [3.05, 3.63) is 30.2 Å². The molecule has 3 heterocycles. The molecule has 0 bridgehead atoms. The number of nitrogens with zero attached hydrogens (tertiary/aromatic N) is 2. The molecule has 0 amide bonds. The quantitative estimate of drug-likeness (QED) is 0.864. The predicted octanol–water partition coefficient (Wildman–Crippen LogP) is 1.71. The molecule has 0 aromatic carbocycles. The van der Waals surface area contributed by atoms with Gasteiger partial charge in [-0.25, -0.2) is 13.4 Å². The van der Waals surface area contributed by atoms with Gasteiger partial charge in [0, 0.05) is 6.42 Å². The zero-order valence-corrected chi connectivity index (χ0v) is 12.3. The standard InChI is InChI=1S/C14H18N2O3S/c1-19-14-6-2-5-12-9-15-13(16(12)14)8-11-4-3-7-20(17,18)10-11/h2,5-6,9,11H,3-4,7-8,10H2,1H3. The van der Waals surface area contributed by atoms with E-state index in [1.165, 1.54) is 0 Å². The van der Waals surface area contributed by atoms with Gasteiger partial charge in [0.05, 0.1) is 30.3 Å². The summed E-state index contributed by atoms with van der Waals surface area (Å²) >= 11 is 0. The number of rotatable bonds is 3. The third-order valence-corrected chi connectivity index (χ3v) is 5.72. The number of ether oxygens (including phenoxy) is 1. The third kappa shape index (κ3) is 2.52. The van der Waals surface area contributed by atoms with E-state index >= 15 is 0 Å². The lowest BCUT2D eigenvalue weighted by atomic mass is 10.0. The molecular weight excluding hydrogens is 276 g/mol. The van der Waals surface area contributed by atoms with E-state index in [1.54, 1.807) is 13.3 Å². The average Bonchev–Trinajstić information content (AvgIpc) is 2.81. The lowest BCUT2D eigenvalue weighted by Crippen LogP contribution is -2.27. The monoisotopic (exact) mass is 294 g/mol. The number of sulfone groups is 1. The molecule has 0 N–H and O–H groups in total. The number of hydrogen-bond acceptors (Lipinski definition) is 4. The molecule has 1 atom stereocenters. The van der Waals surface area contributed by atoms with Crippen LogP contribution in [0.2, 0.25) is 0 Å². The molecule has 20 heavy (non-hydrogen) atoms. The topological polar surface area (TPSA) is 60.7 Å². The second-order valence-electron chi connectivity index (χ2n) is 5.33. The molecule has 5 nitrogen and oxygen atoms in total. The zero-order chi connectivity index (χ0) is 14.2. The maximum absolute atomic E-state index is 11.7. The molecule has 3 rings (SSSR count). The van der Waals surface area contributed by atoms with Crippen LogP contribution in [0.3, 0.4) is 0 Å². The van der Waals surface area contributed by atoms with E-state index < -0.39 is 9.84 Å². The van der Waals surface area contributed by atoms with Gasteiger partial charge in [-0.1, -0.05) is 6.07 Å². The molecule has 1 unspecified atom stereocenters. The zero-order valence-electron chi connectivity index (χ0n) is 11.4. The molecular formula is C14H18N2O3S. The Balaban J connectivity index is 1.91. The highest BCUT2D eigenvalue weighted by Gasteiger charge is 2.26. The van der Waals surface area contributed by atoms with Gasteiger partial charge in [-0.3, -0.25) is 4.40 Å². The largest absolute Gasteiger partial charge is 0.482 e. The highest BCUT2D eigenvalue weighted by molar-refractivity contribution is 7.91. The van der Waals surface area contributed by atoms with Crippen LogP contribution >= 0.6 is 0 Å². The maximum Gasteiger partial charge on any atom is 0.199 e. The fourth-order valence-electron chi connectivity index (χ4n) is 2.92. The van der Waals surface area contributed by atoms with E-state index in [0.717, 1.165) is 30.1 Å². The van der Waals surface area contributed by atoms with E-state index in [0.29, 0.717) is 12.2 Å². The van der Waals surface area contributed by atoms with Crippen molar-refractivity contribution in [2.75, 3.05) is 18.6 Å². The summed E-state index contributed by atoms with van der Waals surface area (Å²) < 4.78 is 30.8. The molecule has 0 spiro atoms. The summed E-state index contributed by atoms with van der Waals surface area (Å²) in [6.07, 6.45) is 4.18. The second kappa shape index (κ2) is 5.09. The molecule has 1 fully saturated rings. The number of methoxy groups -OCH3 is 1. The summed E-state index contributed by atoms with van der Waals surface area (Å²) in [5.41, 5.74) is 0.970. The molecule has 108 valence electrons. The minimum atomic E-state index is -2.87. The molecule has 1 aliphatic rings. The van der Waals surface area contributed by atoms with Crippen molar-refractivity contribution in [1.29, 1.82) is 0 Å². The van der Waals surface area contributed by atoms with Crippen molar-refractivity contribution >= 4 is 15.4 Å². The summed E-state index contributed by atoms with van der Waals surface area (Å²) in [6.45, 7) is 0. The summed E-state index contributed by atoms with van der Waals surface area (Å²) in [5, 5.41) is 0. The van der Waals surface area contributed by atoms with Crippen LogP contribution in [0.5, 0.6) is 5.88 Å². The van der Waals surface area contributed by atoms with Crippen molar-refractivity contribution in [1.82, 2.24) is 9.38 Å². The van der Waals surface area contributed by atoms with Crippen molar-refractivity contribution < 1.29 is 13.2 Å².